The molecule has 172 valence electrons. The summed E-state index contributed by atoms with van der Waals surface area (Å²) >= 11 is 0. The number of halogens is 1. The number of amides is 1. The highest BCUT2D eigenvalue weighted by Crippen LogP contribution is 2.28. The number of para-hydroxylation sites is 1. The number of hydrogen-bond donors (Lipinski definition) is 1. The quantitative estimate of drug-likeness (QED) is 0.479. The first-order valence-corrected chi connectivity index (χ1v) is 11.4. The first kappa shape index (κ1) is 21.8. The lowest BCUT2D eigenvalue weighted by Gasteiger charge is -2.37. The lowest BCUT2D eigenvalue weighted by atomic mass is 10.1. The van der Waals surface area contributed by atoms with Crippen molar-refractivity contribution in [1.29, 1.82) is 0 Å². The number of fused-ring (bicyclic) bond motifs is 1. The third-order valence-electron chi connectivity index (χ3n) is 6.05. The highest BCUT2D eigenvalue weighted by atomic mass is 19.1. The second-order valence-corrected chi connectivity index (χ2v) is 8.17. The Morgan fingerprint density at radius 3 is 2.32 bits per heavy atom. The van der Waals surface area contributed by atoms with E-state index < -0.39 is 0 Å². The van der Waals surface area contributed by atoms with Gasteiger partial charge in [-0.25, -0.2) is 4.39 Å². The zero-order valence-corrected chi connectivity index (χ0v) is 18.7. The van der Waals surface area contributed by atoms with E-state index in [9.17, 15) is 9.18 Å². The summed E-state index contributed by atoms with van der Waals surface area (Å²) in [6.45, 7) is 3.18. The van der Waals surface area contributed by atoms with Crippen LogP contribution in [0.5, 0.6) is 0 Å². The summed E-state index contributed by atoms with van der Waals surface area (Å²) in [4.78, 5) is 21.4. The van der Waals surface area contributed by atoms with Crippen LogP contribution in [0.2, 0.25) is 0 Å². The first-order chi connectivity index (χ1) is 16.7. The maximum atomic E-state index is 14.2. The second-order valence-electron chi connectivity index (χ2n) is 8.17. The standard InChI is InChI=1S/C26H25FN6O/c27-22-10-3-4-11-23(22)32-15-17-33(18-16-32)25-21-9-2-1-8-20(21)24(30-31-25)26(34)29-14-12-19-7-5-6-13-28-19/h1-11,13H,12,14-18H2,(H,29,34). The summed E-state index contributed by atoms with van der Waals surface area (Å²) in [7, 11) is 0. The van der Waals surface area contributed by atoms with Gasteiger partial charge < -0.3 is 15.1 Å². The van der Waals surface area contributed by atoms with Crippen molar-refractivity contribution in [2.24, 2.45) is 0 Å². The molecule has 5 rings (SSSR count). The van der Waals surface area contributed by atoms with E-state index >= 15 is 0 Å². The van der Waals surface area contributed by atoms with Crippen LogP contribution in [-0.4, -0.2) is 53.8 Å². The second kappa shape index (κ2) is 9.82. The van der Waals surface area contributed by atoms with Crippen LogP contribution in [0.3, 0.4) is 0 Å². The summed E-state index contributed by atoms with van der Waals surface area (Å²) in [5.41, 5.74) is 1.85. The van der Waals surface area contributed by atoms with Crippen LogP contribution in [0.4, 0.5) is 15.9 Å². The molecule has 1 N–H and O–H groups in total. The number of rotatable bonds is 6. The molecule has 0 atom stereocenters. The number of aromatic nitrogens is 3. The third kappa shape index (κ3) is 4.52. The van der Waals surface area contributed by atoms with Crippen molar-refractivity contribution in [1.82, 2.24) is 20.5 Å². The van der Waals surface area contributed by atoms with Gasteiger partial charge in [0.05, 0.1) is 5.69 Å². The molecule has 0 aliphatic carbocycles. The van der Waals surface area contributed by atoms with E-state index in [1.807, 2.05) is 59.5 Å². The summed E-state index contributed by atoms with van der Waals surface area (Å²) in [6.07, 6.45) is 2.38. The zero-order valence-electron chi connectivity index (χ0n) is 18.7. The summed E-state index contributed by atoms with van der Waals surface area (Å²) < 4.78 is 14.2. The minimum absolute atomic E-state index is 0.209. The minimum Gasteiger partial charge on any atom is -0.366 e. The van der Waals surface area contributed by atoms with Crippen LogP contribution in [0.15, 0.2) is 72.9 Å². The highest BCUT2D eigenvalue weighted by Gasteiger charge is 2.23. The van der Waals surface area contributed by atoms with Crippen molar-refractivity contribution in [2.75, 3.05) is 42.5 Å². The van der Waals surface area contributed by atoms with E-state index in [2.05, 4.69) is 25.4 Å². The molecule has 3 heterocycles. The van der Waals surface area contributed by atoms with Crippen molar-refractivity contribution in [2.45, 2.75) is 6.42 Å². The van der Waals surface area contributed by atoms with E-state index in [-0.39, 0.29) is 11.7 Å². The molecule has 2 aromatic heterocycles. The molecule has 1 fully saturated rings. The normalized spacial score (nSPS) is 13.8. The molecule has 2 aromatic carbocycles. The van der Waals surface area contributed by atoms with Gasteiger partial charge in [-0.1, -0.05) is 42.5 Å². The fourth-order valence-electron chi connectivity index (χ4n) is 4.29. The number of piperazine rings is 1. The topological polar surface area (TPSA) is 74.2 Å². The SMILES string of the molecule is O=C(NCCc1ccccn1)c1nnc(N2CCN(c3ccccc3F)CC2)c2ccccc12. The van der Waals surface area contributed by atoms with E-state index in [1.165, 1.54) is 6.07 Å². The van der Waals surface area contributed by atoms with Crippen molar-refractivity contribution >= 4 is 28.2 Å². The molecule has 0 bridgehead atoms. The maximum absolute atomic E-state index is 14.2. The Balaban J connectivity index is 1.31. The van der Waals surface area contributed by atoms with E-state index in [1.54, 1.807) is 12.3 Å². The van der Waals surface area contributed by atoms with Crippen LogP contribution in [0.1, 0.15) is 16.2 Å². The lowest BCUT2D eigenvalue weighted by molar-refractivity contribution is 0.0950. The van der Waals surface area contributed by atoms with E-state index in [4.69, 9.17) is 0 Å². The van der Waals surface area contributed by atoms with Gasteiger partial charge in [0.2, 0.25) is 0 Å². The monoisotopic (exact) mass is 456 g/mol. The number of nitrogens with zero attached hydrogens (tertiary/aromatic N) is 5. The largest absolute Gasteiger partial charge is 0.366 e. The van der Waals surface area contributed by atoms with Crippen molar-refractivity contribution < 1.29 is 9.18 Å². The molecule has 1 aliphatic heterocycles. The van der Waals surface area contributed by atoms with Crippen LogP contribution in [0.25, 0.3) is 10.8 Å². The minimum atomic E-state index is -0.254. The predicted molar refractivity (Wildman–Crippen MR) is 131 cm³/mol. The molecule has 7 nitrogen and oxygen atoms in total. The molecule has 34 heavy (non-hydrogen) atoms. The molecular formula is C26H25FN6O. The molecule has 1 amide bonds. The lowest BCUT2D eigenvalue weighted by Crippen LogP contribution is -2.47. The predicted octanol–water partition coefficient (Wildman–Crippen LogP) is 3.46. The molecule has 1 aliphatic rings. The molecule has 0 saturated carbocycles. The number of nitrogens with one attached hydrogen (secondary N) is 1. The Morgan fingerprint density at radius 2 is 1.56 bits per heavy atom. The van der Waals surface area contributed by atoms with Crippen LogP contribution < -0.4 is 15.1 Å². The average Bonchev–Trinajstić information content (AvgIpc) is 2.89. The molecule has 0 spiro atoms. The van der Waals surface area contributed by atoms with Gasteiger partial charge in [-0.3, -0.25) is 9.78 Å². The smallest absolute Gasteiger partial charge is 0.272 e. The van der Waals surface area contributed by atoms with Gasteiger partial charge in [-0.05, 0) is 24.3 Å². The Bertz CT molecular complexity index is 1290. The average molecular weight is 457 g/mol. The number of hydrogen-bond acceptors (Lipinski definition) is 6. The molecule has 0 radical (unpaired) electrons. The summed E-state index contributed by atoms with van der Waals surface area (Å²) in [5.74, 6) is 0.281. The number of carbonyl (C=O) groups is 1. The van der Waals surface area contributed by atoms with Crippen LogP contribution in [-0.2, 0) is 6.42 Å². The number of anilines is 2. The summed E-state index contributed by atoms with van der Waals surface area (Å²) in [5, 5.41) is 13.3. The van der Waals surface area contributed by atoms with Gasteiger partial charge in [0.15, 0.2) is 11.5 Å². The van der Waals surface area contributed by atoms with Gasteiger partial charge in [0.1, 0.15) is 5.82 Å². The summed E-state index contributed by atoms with van der Waals surface area (Å²) in [6, 6.07) is 20.3. The molecule has 4 aromatic rings. The first-order valence-electron chi connectivity index (χ1n) is 11.4. The molecule has 0 unspecified atom stereocenters. The third-order valence-corrected chi connectivity index (χ3v) is 6.05. The van der Waals surface area contributed by atoms with Gasteiger partial charge in [-0.15, -0.1) is 10.2 Å². The van der Waals surface area contributed by atoms with Crippen molar-refractivity contribution in [3.63, 3.8) is 0 Å². The van der Waals surface area contributed by atoms with E-state index in [0.717, 1.165) is 22.3 Å². The molecule has 8 heteroatoms. The van der Waals surface area contributed by atoms with Crippen LogP contribution in [0, 0.1) is 5.82 Å². The Hall–Kier alpha value is -4.07. The number of benzene rings is 2. The van der Waals surface area contributed by atoms with E-state index in [0.29, 0.717) is 50.5 Å². The maximum Gasteiger partial charge on any atom is 0.272 e. The van der Waals surface area contributed by atoms with Gasteiger partial charge in [0.25, 0.3) is 5.91 Å². The zero-order chi connectivity index (χ0) is 23.3. The highest BCUT2D eigenvalue weighted by molar-refractivity contribution is 6.07. The fourth-order valence-corrected chi connectivity index (χ4v) is 4.29. The van der Waals surface area contributed by atoms with Crippen molar-refractivity contribution in [3.8, 4) is 0 Å². The number of pyridine rings is 1. The Morgan fingerprint density at radius 1 is 0.853 bits per heavy atom. The van der Waals surface area contributed by atoms with Gasteiger partial charge in [-0.2, -0.15) is 0 Å². The van der Waals surface area contributed by atoms with Gasteiger partial charge >= 0.3 is 0 Å². The van der Waals surface area contributed by atoms with Crippen LogP contribution >= 0.6 is 0 Å². The fraction of sp³-hybridized carbons (Fsp3) is 0.231. The Kier molecular flexibility index (Phi) is 6.29. The Labute approximate surface area is 197 Å². The molecule has 1 saturated heterocycles. The van der Waals surface area contributed by atoms with Gasteiger partial charge in [0, 0.05) is 61.8 Å². The number of carbonyl (C=O) groups excluding carboxylic acids is 1. The van der Waals surface area contributed by atoms with Crippen molar-refractivity contribution in [3.05, 3.63) is 90.1 Å². The molecular weight excluding hydrogens is 431 g/mol.